The van der Waals surface area contributed by atoms with Crippen LogP contribution in [0.2, 0.25) is 0 Å². The van der Waals surface area contributed by atoms with Crippen molar-refractivity contribution in [3.05, 3.63) is 234 Å². The van der Waals surface area contributed by atoms with Gasteiger partial charge < -0.3 is 13.3 Å². The van der Waals surface area contributed by atoms with Gasteiger partial charge in [0.15, 0.2) is 18.6 Å². The molecule has 0 radical (unpaired) electrons. The van der Waals surface area contributed by atoms with Crippen molar-refractivity contribution in [3.63, 3.8) is 0 Å². The van der Waals surface area contributed by atoms with E-state index < -0.39 is 0 Å². The maximum atomic E-state index is 6.41. The van der Waals surface area contributed by atoms with Gasteiger partial charge in [-0.15, -0.1) is 0 Å². The van der Waals surface area contributed by atoms with Crippen molar-refractivity contribution in [2.45, 2.75) is 99.8 Å². The average Bonchev–Trinajstić information content (AvgIpc) is 1.77. The molecule has 0 aliphatic heterocycles. The van der Waals surface area contributed by atoms with Crippen molar-refractivity contribution in [3.8, 4) is 33.8 Å². The van der Waals surface area contributed by atoms with Gasteiger partial charge in [0.25, 0.3) is 0 Å². The van der Waals surface area contributed by atoms with Crippen LogP contribution < -0.4 is 13.7 Å². The molecule has 1 aliphatic carbocycles. The molecule has 1 saturated carbocycles. The number of hydrogen-bond acceptors (Lipinski definition) is 3. The fraction of sp³-hybridized carbons (Fsp3) is 0.241. The van der Waals surface area contributed by atoms with Gasteiger partial charge in [-0.3, -0.25) is 0 Å². The number of aromatic nitrogens is 3. The smallest absolute Gasteiger partial charge is 0.212 e. The maximum Gasteiger partial charge on any atom is 0.212 e. The molecular weight excluding hydrogens is 1090 g/mol. The highest BCUT2D eigenvalue weighted by atomic mass is 16.3. The monoisotopic (exact) mass is 1170 g/mol. The van der Waals surface area contributed by atoms with Crippen LogP contribution in [0.5, 0.6) is 0 Å². The molecule has 1 aliphatic rings. The van der Waals surface area contributed by atoms with E-state index in [1.165, 1.54) is 157 Å². The molecule has 442 valence electrons. The summed E-state index contributed by atoms with van der Waals surface area (Å²) in [6.07, 6.45) is 14.1. The number of furan rings is 3. The predicted octanol–water partition coefficient (Wildman–Crippen LogP) is 21.1. The fourth-order valence-corrected chi connectivity index (χ4v) is 14.3. The van der Waals surface area contributed by atoms with Crippen molar-refractivity contribution >= 4 is 98.1 Å². The summed E-state index contributed by atoms with van der Waals surface area (Å²) in [4.78, 5) is 0. The molecule has 0 saturated heterocycles. The summed E-state index contributed by atoms with van der Waals surface area (Å²) in [5.41, 5.74) is 21.4. The second kappa shape index (κ2) is 23.0. The molecule has 9 aromatic carbocycles. The third-order valence-electron chi connectivity index (χ3n) is 18.9. The van der Waals surface area contributed by atoms with Gasteiger partial charge in [0.05, 0.1) is 16.7 Å². The van der Waals surface area contributed by atoms with Crippen LogP contribution in [0.3, 0.4) is 0 Å². The SMILES string of the molecule is Cc1c(-c2cc(C3CCCC3)cc[n+]2C)ccc2c1oc1cc3ccccc3cc12.Cc1c(-c2cc(CC(C)(C)C)cc[n+]2C)ccc2c1oc1cc3ccccc3cc12.Cc1c(-c2cc(CC(C)C)cc[n+]2C)ccc2c1oc1cc3ccccc3cc12. The Hall–Kier alpha value is -9.39. The lowest BCUT2D eigenvalue weighted by Gasteiger charge is -2.18. The Labute approximate surface area is 522 Å². The first kappa shape index (κ1) is 57.4. The number of aryl methyl sites for hydroxylation is 6. The molecule has 15 aromatic rings. The molecule has 0 spiro atoms. The van der Waals surface area contributed by atoms with Gasteiger partial charge in [-0.2, -0.15) is 0 Å². The molecule has 16 rings (SSSR count). The zero-order valence-corrected chi connectivity index (χ0v) is 53.5. The first-order valence-corrected chi connectivity index (χ1v) is 32.0. The van der Waals surface area contributed by atoms with Gasteiger partial charge in [0.1, 0.15) is 54.6 Å². The standard InChI is InChI=1S/C28H26NO.C28H28NO.C27H26NO/c1-18-23(26-16-22(13-14-29(26)2)19-7-3-4-8-19)11-12-24-25-15-20-9-5-6-10-21(20)17-27(25)30-28(18)24;1-18-22(25-14-19(12-13-29(25)5)17-28(2,3)4)10-11-23-24-15-20-8-6-7-9-21(20)16-26(24)30-27(18)23;1-17(2)13-19-11-12-28(4)25(14-19)22-9-10-23-24-15-20-7-5-6-8-21(20)16-26(24)29-27(23)18(22)3/h5-6,9-17,19H,3-4,7-8H2,1-2H3;6-16H,17H2,1-5H3;5-12,14-17H,13H2,1-4H3/q3*+1. The lowest BCUT2D eigenvalue weighted by atomic mass is 9.88. The number of nitrogens with zero attached hydrogens (tertiary/aromatic N) is 3. The van der Waals surface area contributed by atoms with Crippen LogP contribution in [0.15, 0.2) is 214 Å². The van der Waals surface area contributed by atoms with Crippen LogP contribution in [0.25, 0.3) is 132 Å². The van der Waals surface area contributed by atoms with E-state index >= 15 is 0 Å². The average molecular weight is 1170 g/mol. The van der Waals surface area contributed by atoms with Gasteiger partial charge in [0, 0.05) is 85.4 Å². The Kier molecular flexibility index (Phi) is 14.8. The van der Waals surface area contributed by atoms with Crippen LogP contribution in [0.4, 0.5) is 0 Å². The van der Waals surface area contributed by atoms with Crippen molar-refractivity contribution in [2.75, 3.05) is 0 Å². The molecule has 1 fully saturated rings. The second-order valence-electron chi connectivity index (χ2n) is 27.1. The first-order valence-electron chi connectivity index (χ1n) is 32.0. The molecular formula is C83H80N3O3+3. The number of fused-ring (bicyclic) bond motifs is 12. The van der Waals surface area contributed by atoms with Gasteiger partial charge >= 0.3 is 0 Å². The second-order valence-corrected chi connectivity index (χ2v) is 27.1. The molecule has 0 amide bonds. The zero-order valence-electron chi connectivity index (χ0n) is 53.5. The van der Waals surface area contributed by atoms with E-state index in [-0.39, 0.29) is 5.41 Å². The van der Waals surface area contributed by atoms with Crippen molar-refractivity contribution in [2.24, 2.45) is 32.5 Å². The molecule has 6 aromatic heterocycles. The third kappa shape index (κ3) is 10.9. The van der Waals surface area contributed by atoms with E-state index in [9.17, 15) is 0 Å². The fourth-order valence-electron chi connectivity index (χ4n) is 14.3. The van der Waals surface area contributed by atoms with Crippen LogP contribution in [0, 0.1) is 32.1 Å². The van der Waals surface area contributed by atoms with Crippen LogP contribution in [-0.4, -0.2) is 0 Å². The quantitative estimate of drug-likeness (QED) is 0.149. The highest BCUT2D eigenvalue weighted by molar-refractivity contribution is 6.14. The van der Waals surface area contributed by atoms with Gasteiger partial charge in [0.2, 0.25) is 17.1 Å². The van der Waals surface area contributed by atoms with Gasteiger partial charge in [-0.05, 0) is 186 Å². The molecule has 0 bridgehead atoms. The summed E-state index contributed by atoms with van der Waals surface area (Å²) in [5.74, 6) is 1.36. The normalized spacial score (nSPS) is 13.1. The van der Waals surface area contributed by atoms with E-state index in [0.717, 1.165) is 46.3 Å². The largest absolute Gasteiger partial charge is 0.456 e. The minimum atomic E-state index is 0.261. The molecule has 6 heterocycles. The van der Waals surface area contributed by atoms with E-state index in [0.29, 0.717) is 11.8 Å². The summed E-state index contributed by atoms with van der Waals surface area (Å²) in [6.45, 7) is 17.9. The summed E-state index contributed by atoms with van der Waals surface area (Å²) in [7, 11) is 6.37. The van der Waals surface area contributed by atoms with E-state index in [2.05, 4.69) is 291 Å². The van der Waals surface area contributed by atoms with E-state index in [1.807, 2.05) is 0 Å². The Morgan fingerprint density at radius 2 is 0.753 bits per heavy atom. The lowest BCUT2D eigenvalue weighted by Crippen LogP contribution is -2.31. The molecule has 89 heavy (non-hydrogen) atoms. The van der Waals surface area contributed by atoms with E-state index in [1.54, 1.807) is 0 Å². The van der Waals surface area contributed by atoms with Gasteiger partial charge in [-0.1, -0.05) is 120 Å². The molecule has 0 atom stereocenters. The molecule has 6 nitrogen and oxygen atoms in total. The minimum absolute atomic E-state index is 0.261. The minimum Gasteiger partial charge on any atom is -0.456 e. The number of benzene rings is 9. The summed E-state index contributed by atoms with van der Waals surface area (Å²) < 4.78 is 25.8. The molecule has 0 unspecified atom stereocenters. The molecule has 0 N–H and O–H groups in total. The topological polar surface area (TPSA) is 51.1 Å². The Morgan fingerprint density at radius 1 is 0.404 bits per heavy atom. The van der Waals surface area contributed by atoms with Crippen molar-refractivity contribution < 1.29 is 27.0 Å². The van der Waals surface area contributed by atoms with Crippen LogP contribution in [0.1, 0.15) is 99.6 Å². The Balaban J connectivity index is 0.000000117. The summed E-state index contributed by atoms with van der Waals surface area (Å²) >= 11 is 0. The highest BCUT2D eigenvalue weighted by Gasteiger charge is 2.25. The van der Waals surface area contributed by atoms with E-state index in [4.69, 9.17) is 13.3 Å². The summed E-state index contributed by atoms with van der Waals surface area (Å²) in [6, 6.07) is 65.9. The number of rotatable bonds is 7. The van der Waals surface area contributed by atoms with Crippen molar-refractivity contribution in [1.29, 1.82) is 0 Å². The molecule has 6 heteroatoms. The highest BCUT2D eigenvalue weighted by Crippen LogP contribution is 2.42. The zero-order chi connectivity index (χ0) is 61.4. The van der Waals surface area contributed by atoms with Gasteiger partial charge in [-0.25, -0.2) is 13.7 Å². The number of hydrogen-bond donors (Lipinski definition) is 0. The summed E-state index contributed by atoms with van der Waals surface area (Å²) in [5, 5.41) is 14.5. The lowest BCUT2D eigenvalue weighted by molar-refractivity contribution is -0.660. The third-order valence-corrected chi connectivity index (χ3v) is 18.9. The number of pyridine rings is 3. The Bertz CT molecular complexity index is 5250. The Morgan fingerprint density at radius 3 is 1.13 bits per heavy atom. The first-order chi connectivity index (χ1) is 43.0. The maximum absolute atomic E-state index is 6.41. The predicted molar refractivity (Wildman–Crippen MR) is 371 cm³/mol. The van der Waals surface area contributed by atoms with Crippen molar-refractivity contribution in [1.82, 2.24) is 0 Å². The van der Waals surface area contributed by atoms with Crippen LogP contribution >= 0.6 is 0 Å². The van der Waals surface area contributed by atoms with Crippen LogP contribution in [-0.2, 0) is 34.0 Å².